The van der Waals surface area contributed by atoms with Gasteiger partial charge in [0.05, 0.1) is 16.1 Å². The molecule has 10 heteroatoms. The smallest absolute Gasteiger partial charge is 0.417 e. The summed E-state index contributed by atoms with van der Waals surface area (Å²) in [7, 11) is 0. The van der Waals surface area contributed by atoms with Crippen molar-refractivity contribution in [1.82, 2.24) is 0 Å². The molecule has 0 amide bonds. The quantitative estimate of drug-likeness (QED) is 0.464. The molecule has 0 aliphatic rings. The van der Waals surface area contributed by atoms with Crippen molar-refractivity contribution in [3.05, 3.63) is 58.4 Å². The lowest BCUT2D eigenvalue weighted by Crippen LogP contribution is -2.23. The predicted octanol–water partition coefficient (Wildman–Crippen LogP) is 4.35. The highest BCUT2D eigenvalue weighted by Gasteiger charge is 2.33. The van der Waals surface area contributed by atoms with Gasteiger partial charge >= 0.3 is 18.1 Å². The molecule has 1 N–H and O–H groups in total. The molecule has 5 nitrogen and oxygen atoms in total. The summed E-state index contributed by atoms with van der Waals surface area (Å²) in [5, 5.41) is 8.40. The van der Waals surface area contributed by atoms with Gasteiger partial charge in [-0.05, 0) is 37.3 Å². The first-order valence-electron chi connectivity index (χ1n) is 7.27. The Morgan fingerprint density at radius 2 is 1.70 bits per heavy atom. The maximum Gasteiger partial charge on any atom is 0.417 e. The van der Waals surface area contributed by atoms with Crippen LogP contribution in [0.15, 0.2) is 36.4 Å². The number of aliphatic hydroxyl groups is 1. The molecule has 1 atom stereocenters. The summed E-state index contributed by atoms with van der Waals surface area (Å²) >= 11 is 5.58. The van der Waals surface area contributed by atoms with Crippen molar-refractivity contribution < 1.29 is 41.7 Å². The second kappa shape index (κ2) is 7.93. The van der Waals surface area contributed by atoms with Crippen LogP contribution in [0.5, 0.6) is 11.5 Å². The fourth-order valence-corrected chi connectivity index (χ4v) is 2.16. The normalized spacial score (nSPS) is 12.4. The van der Waals surface area contributed by atoms with Crippen molar-refractivity contribution in [2.45, 2.75) is 19.2 Å². The fourth-order valence-electron chi connectivity index (χ4n) is 1.88. The van der Waals surface area contributed by atoms with Gasteiger partial charge in [-0.3, -0.25) is 0 Å². The third-order valence-electron chi connectivity index (χ3n) is 3.17. The molecule has 0 radical (unpaired) electrons. The Hall–Kier alpha value is -2.65. The van der Waals surface area contributed by atoms with Crippen LogP contribution in [0, 0.1) is 5.82 Å². The van der Waals surface area contributed by atoms with Gasteiger partial charge in [0.1, 0.15) is 23.4 Å². The van der Waals surface area contributed by atoms with E-state index in [9.17, 15) is 27.2 Å². The second-order valence-corrected chi connectivity index (χ2v) is 5.67. The Bertz CT molecular complexity index is 880. The number of benzene rings is 2. The van der Waals surface area contributed by atoms with E-state index in [2.05, 4.69) is 4.74 Å². The van der Waals surface area contributed by atoms with Gasteiger partial charge < -0.3 is 14.6 Å². The van der Waals surface area contributed by atoms with Gasteiger partial charge in [-0.2, -0.15) is 13.2 Å². The first kappa shape index (κ1) is 20.7. The van der Waals surface area contributed by atoms with Gasteiger partial charge in [-0.25, -0.2) is 14.0 Å². The van der Waals surface area contributed by atoms with Crippen molar-refractivity contribution in [1.29, 1.82) is 0 Å². The van der Waals surface area contributed by atoms with Crippen LogP contribution in [0.4, 0.5) is 17.6 Å². The van der Waals surface area contributed by atoms with Crippen LogP contribution in [0.25, 0.3) is 0 Å². The minimum absolute atomic E-state index is 0.0982. The highest BCUT2D eigenvalue weighted by atomic mass is 35.5. The van der Waals surface area contributed by atoms with E-state index in [0.29, 0.717) is 6.07 Å². The van der Waals surface area contributed by atoms with Gasteiger partial charge in [-0.15, -0.1) is 0 Å². The summed E-state index contributed by atoms with van der Waals surface area (Å²) in [4.78, 5) is 23.0. The second-order valence-electron chi connectivity index (χ2n) is 5.27. The monoisotopic (exact) mass is 406 g/mol. The molecule has 0 unspecified atom stereocenters. The molecular formula is C17H11ClF4O5. The number of ether oxygens (including phenoxy) is 2. The van der Waals surface area contributed by atoms with Gasteiger partial charge in [-0.1, -0.05) is 11.6 Å². The molecule has 2 aromatic rings. The van der Waals surface area contributed by atoms with E-state index in [1.165, 1.54) is 0 Å². The lowest BCUT2D eigenvalue weighted by atomic mass is 10.2. The lowest BCUT2D eigenvalue weighted by molar-refractivity contribution is -0.146. The number of aliphatic hydroxyl groups excluding tert-OH is 1. The van der Waals surface area contributed by atoms with E-state index in [-0.39, 0.29) is 11.5 Å². The van der Waals surface area contributed by atoms with E-state index >= 15 is 0 Å². The van der Waals surface area contributed by atoms with Crippen LogP contribution in [-0.2, 0) is 15.7 Å². The van der Waals surface area contributed by atoms with Crippen LogP contribution in [0.2, 0.25) is 5.02 Å². The van der Waals surface area contributed by atoms with E-state index < -0.39 is 46.2 Å². The maximum absolute atomic E-state index is 13.8. The number of carbonyl (C=O) groups excluding carboxylic acids is 2. The number of esters is 2. The van der Waals surface area contributed by atoms with Gasteiger partial charge in [0, 0.05) is 6.07 Å². The molecule has 0 fully saturated rings. The van der Waals surface area contributed by atoms with Crippen LogP contribution in [0.1, 0.15) is 22.8 Å². The molecular weight excluding hydrogens is 396 g/mol. The summed E-state index contributed by atoms with van der Waals surface area (Å²) in [6.07, 6.45) is -6.23. The van der Waals surface area contributed by atoms with Crippen molar-refractivity contribution in [2.75, 3.05) is 0 Å². The molecule has 0 spiro atoms. The lowest BCUT2D eigenvalue weighted by Gasteiger charge is -2.12. The van der Waals surface area contributed by atoms with E-state index in [1.807, 2.05) is 0 Å². The van der Waals surface area contributed by atoms with Gasteiger partial charge in [0.25, 0.3) is 0 Å². The van der Waals surface area contributed by atoms with Crippen molar-refractivity contribution >= 4 is 23.5 Å². The SMILES string of the molecule is C[C@H](O)C(=O)OC(=O)c1cc(Oc2ccc(C(F)(F)F)c(Cl)c2)ccc1F. The van der Waals surface area contributed by atoms with Crippen molar-refractivity contribution in [3.63, 3.8) is 0 Å². The molecule has 144 valence electrons. The average molecular weight is 407 g/mol. The van der Waals surface area contributed by atoms with Crippen LogP contribution in [-0.4, -0.2) is 23.1 Å². The highest BCUT2D eigenvalue weighted by molar-refractivity contribution is 6.31. The zero-order valence-electron chi connectivity index (χ0n) is 13.5. The molecule has 0 aliphatic heterocycles. The van der Waals surface area contributed by atoms with Gasteiger partial charge in [0.15, 0.2) is 0 Å². The predicted molar refractivity (Wildman–Crippen MR) is 85.0 cm³/mol. The Morgan fingerprint density at radius 1 is 1.11 bits per heavy atom. The summed E-state index contributed by atoms with van der Waals surface area (Å²) in [6.45, 7) is 1.06. The van der Waals surface area contributed by atoms with E-state index in [1.54, 1.807) is 0 Å². The Labute approximate surface area is 155 Å². The number of halogens is 5. The number of carbonyl (C=O) groups is 2. The van der Waals surface area contributed by atoms with Gasteiger partial charge in [0.2, 0.25) is 0 Å². The molecule has 0 bridgehead atoms. The van der Waals surface area contributed by atoms with E-state index in [4.69, 9.17) is 21.4 Å². The zero-order chi connectivity index (χ0) is 20.4. The molecule has 0 aromatic heterocycles. The van der Waals surface area contributed by atoms with Crippen LogP contribution in [0.3, 0.4) is 0 Å². The molecule has 2 aromatic carbocycles. The minimum Gasteiger partial charge on any atom is -0.457 e. The molecule has 0 saturated heterocycles. The first-order chi connectivity index (χ1) is 12.5. The topological polar surface area (TPSA) is 72.8 Å². The summed E-state index contributed by atoms with van der Waals surface area (Å²) in [5.74, 6) is -3.90. The first-order valence-corrected chi connectivity index (χ1v) is 7.65. The Morgan fingerprint density at radius 3 is 2.26 bits per heavy atom. The summed E-state index contributed by atoms with van der Waals surface area (Å²) < 4.78 is 61.4. The summed E-state index contributed by atoms with van der Waals surface area (Å²) in [5.41, 5.74) is -1.73. The zero-order valence-corrected chi connectivity index (χ0v) is 14.3. The molecule has 0 saturated carbocycles. The summed E-state index contributed by atoms with van der Waals surface area (Å²) in [6, 6.07) is 5.44. The molecule has 0 aliphatic carbocycles. The average Bonchev–Trinajstić information content (AvgIpc) is 2.55. The number of rotatable bonds is 4. The van der Waals surface area contributed by atoms with Crippen molar-refractivity contribution in [3.8, 4) is 11.5 Å². The fraction of sp³-hybridized carbons (Fsp3) is 0.176. The molecule has 2 rings (SSSR count). The molecule has 27 heavy (non-hydrogen) atoms. The Balaban J connectivity index is 2.25. The number of alkyl halides is 3. The maximum atomic E-state index is 13.8. The number of hydrogen-bond donors (Lipinski definition) is 1. The largest absolute Gasteiger partial charge is 0.457 e. The highest BCUT2D eigenvalue weighted by Crippen LogP contribution is 2.37. The van der Waals surface area contributed by atoms with Crippen LogP contribution < -0.4 is 4.74 Å². The number of hydrogen-bond acceptors (Lipinski definition) is 5. The third kappa shape index (κ3) is 5.18. The third-order valence-corrected chi connectivity index (χ3v) is 3.49. The Kier molecular flexibility index (Phi) is 6.07. The minimum atomic E-state index is -4.64. The van der Waals surface area contributed by atoms with Crippen molar-refractivity contribution in [2.24, 2.45) is 0 Å². The molecule has 0 heterocycles. The standard InChI is InChI=1S/C17H11ClF4O5/c1-8(23)15(24)27-16(25)11-6-9(3-5-14(11)19)26-10-2-4-12(13(18)7-10)17(20,21)22/h2-8,23H,1H3/t8-/m0/s1. The van der Waals surface area contributed by atoms with E-state index in [0.717, 1.165) is 37.3 Å². The van der Waals surface area contributed by atoms with Crippen LogP contribution >= 0.6 is 11.6 Å².